The molecule has 0 saturated heterocycles. The Balaban J connectivity index is 1.28. The third-order valence-corrected chi connectivity index (χ3v) is 11.6. The van der Waals surface area contributed by atoms with E-state index in [1.54, 1.807) is 18.2 Å². The smallest absolute Gasteiger partial charge is 0.294 e. The van der Waals surface area contributed by atoms with E-state index in [1.165, 1.54) is 24.3 Å². The predicted molar refractivity (Wildman–Crippen MR) is 225 cm³/mol. The number of rotatable bonds is 16. The van der Waals surface area contributed by atoms with Gasteiger partial charge in [0.2, 0.25) is 0 Å². The fraction of sp³-hybridized carbons (Fsp3) is 0.200. The van der Waals surface area contributed by atoms with Crippen molar-refractivity contribution in [2.75, 3.05) is 24.6 Å². The predicted octanol–water partition coefficient (Wildman–Crippen LogP) is 7.95. The molecule has 12 heteroatoms. The van der Waals surface area contributed by atoms with Crippen LogP contribution in [-0.4, -0.2) is 56.6 Å². The minimum Gasteiger partial charge on any atom is -0.494 e. The van der Waals surface area contributed by atoms with Crippen molar-refractivity contribution < 1.29 is 36.0 Å². The minimum atomic E-state index is -4.30. The summed E-state index contributed by atoms with van der Waals surface area (Å²) >= 11 is 0. The molecule has 0 radical (unpaired) electrons. The number of nitrogens with two attached hydrogens (primary N) is 1. The van der Waals surface area contributed by atoms with E-state index < -0.39 is 20.2 Å². The molecule has 0 unspecified atom stereocenters. The van der Waals surface area contributed by atoms with Crippen molar-refractivity contribution in [2.24, 2.45) is 0 Å². The van der Waals surface area contributed by atoms with Crippen molar-refractivity contribution in [1.29, 1.82) is 0 Å². The monoisotopic (exact) mass is 806 g/mol. The summed E-state index contributed by atoms with van der Waals surface area (Å²) in [6.45, 7) is 9.21. The topological polar surface area (TPSA) is 141 Å². The average Bonchev–Trinajstić information content (AvgIpc) is 3.21. The normalized spacial score (nSPS) is 14.2. The Morgan fingerprint density at radius 3 is 1.77 bits per heavy atom. The Labute approximate surface area is 335 Å². The summed E-state index contributed by atoms with van der Waals surface area (Å²) < 4.78 is 71.2. The van der Waals surface area contributed by atoms with Crippen molar-refractivity contribution in [3.8, 4) is 5.75 Å². The molecule has 6 rings (SSSR count). The van der Waals surface area contributed by atoms with E-state index in [0.717, 1.165) is 62.8 Å². The van der Waals surface area contributed by atoms with Crippen LogP contribution in [0.3, 0.4) is 0 Å². The molecule has 0 atom stereocenters. The second-order valence-electron chi connectivity index (χ2n) is 13.7. The van der Waals surface area contributed by atoms with Crippen LogP contribution in [0.5, 0.6) is 5.75 Å². The second kappa shape index (κ2) is 18.3. The van der Waals surface area contributed by atoms with Crippen LogP contribution in [0.25, 0.3) is 5.57 Å². The van der Waals surface area contributed by atoms with Crippen LogP contribution in [0, 0.1) is 0 Å². The molecule has 5 aromatic rings. The Kier molecular flexibility index (Phi) is 13.2. The van der Waals surface area contributed by atoms with E-state index in [-0.39, 0.29) is 15.8 Å². The molecule has 10 nitrogen and oxygen atoms in total. The maximum absolute atomic E-state index is 11.8. The lowest BCUT2D eigenvalue weighted by Gasteiger charge is -2.28. The maximum Gasteiger partial charge on any atom is 0.294 e. The van der Waals surface area contributed by atoms with E-state index >= 15 is 0 Å². The Hall–Kier alpha value is -5.34. The van der Waals surface area contributed by atoms with E-state index in [9.17, 15) is 25.9 Å². The van der Waals surface area contributed by atoms with Crippen molar-refractivity contribution in [2.45, 2.75) is 49.7 Å². The molecule has 0 amide bonds. The number of hydrogen-bond donors (Lipinski definition) is 3. The van der Waals surface area contributed by atoms with Gasteiger partial charge in [0.05, 0.1) is 16.4 Å². The molecule has 57 heavy (non-hydrogen) atoms. The molecule has 0 aromatic heterocycles. The van der Waals surface area contributed by atoms with Crippen molar-refractivity contribution in [1.82, 2.24) is 4.90 Å². The van der Waals surface area contributed by atoms with Gasteiger partial charge in [-0.05, 0) is 127 Å². The number of anilines is 1. The third-order valence-electron chi connectivity index (χ3n) is 9.87. The van der Waals surface area contributed by atoms with Crippen LogP contribution >= 0.6 is 0 Å². The fourth-order valence-electron chi connectivity index (χ4n) is 6.88. The molecule has 0 aliphatic heterocycles. The lowest BCUT2D eigenvalue weighted by atomic mass is 9.90. The summed E-state index contributed by atoms with van der Waals surface area (Å²) in [7, 11) is -8.56. The number of allylic oxidation sites excluding steroid dienone is 3. The molecular formula is C45H48N3O7S2+. The summed E-state index contributed by atoms with van der Waals surface area (Å²) in [4.78, 5) is 4.17. The molecule has 0 bridgehead atoms. The highest BCUT2D eigenvalue weighted by molar-refractivity contribution is 7.86. The minimum absolute atomic E-state index is 0.0347. The van der Waals surface area contributed by atoms with Gasteiger partial charge in [-0.3, -0.25) is 19.3 Å². The largest absolute Gasteiger partial charge is 0.494 e. The lowest BCUT2D eigenvalue weighted by molar-refractivity contribution is -0.478. The number of nitrogens with zero attached hydrogens (tertiary/aromatic N) is 2. The Morgan fingerprint density at radius 1 is 0.649 bits per heavy atom. The molecule has 296 valence electrons. The van der Waals surface area contributed by atoms with Crippen LogP contribution in [0.2, 0.25) is 0 Å². The van der Waals surface area contributed by atoms with E-state index in [2.05, 4.69) is 102 Å². The van der Waals surface area contributed by atoms with Crippen LogP contribution in [0.1, 0.15) is 43.0 Å². The van der Waals surface area contributed by atoms with Gasteiger partial charge in [0, 0.05) is 43.5 Å². The zero-order valence-corrected chi connectivity index (χ0v) is 33.8. The highest BCUT2D eigenvalue weighted by Gasteiger charge is 2.19. The zero-order valence-electron chi connectivity index (χ0n) is 32.2. The first-order chi connectivity index (χ1) is 27.3. The summed E-state index contributed by atoms with van der Waals surface area (Å²) in [5.74, 6) is 0.841. The molecule has 1 aliphatic carbocycles. The fourth-order valence-corrected chi connectivity index (χ4v) is 7.91. The summed E-state index contributed by atoms with van der Waals surface area (Å²) in [5.41, 5.74) is 9.04. The SMILES string of the molecule is CCOc1ccc([NH2+]c2ccc(C(=C3C=CC(N(CC)Cc4cccc(S(=O)(=O)O)c4)C=C3)c3ccc(N(CC)Cc4ccc(S(=O)(=O)O)cc4)cc3)cc2)cc1. The summed E-state index contributed by atoms with van der Waals surface area (Å²) in [6.07, 6.45) is 8.58. The van der Waals surface area contributed by atoms with Gasteiger partial charge in [0.25, 0.3) is 20.2 Å². The highest BCUT2D eigenvalue weighted by Crippen LogP contribution is 2.33. The molecule has 4 N–H and O–H groups in total. The van der Waals surface area contributed by atoms with Gasteiger partial charge in [-0.25, -0.2) is 0 Å². The lowest BCUT2D eigenvalue weighted by Crippen LogP contribution is -2.70. The number of hydrogen-bond acceptors (Lipinski definition) is 7. The quantitative estimate of drug-likeness (QED) is 0.0670. The Morgan fingerprint density at radius 2 is 1.23 bits per heavy atom. The summed E-state index contributed by atoms with van der Waals surface area (Å²) in [6, 6.07) is 37.6. The molecule has 1 aliphatic rings. The van der Waals surface area contributed by atoms with Crippen LogP contribution < -0.4 is 15.0 Å². The number of benzene rings is 5. The highest BCUT2D eigenvalue weighted by atomic mass is 32.2. The third kappa shape index (κ3) is 10.7. The number of ether oxygens (including phenoxy) is 1. The molecule has 0 saturated carbocycles. The zero-order chi connectivity index (χ0) is 40.6. The van der Waals surface area contributed by atoms with Crippen molar-refractivity contribution >= 4 is 42.9 Å². The Bertz CT molecular complexity index is 2450. The molecule has 5 aromatic carbocycles. The van der Waals surface area contributed by atoms with E-state index in [1.807, 2.05) is 37.3 Å². The second-order valence-corrected chi connectivity index (χ2v) is 16.5. The van der Waals surface area contributed by atoms with Crippen LogP contribution in [0.4, 0.5) is 17.1 Å². The first kappa shape index (κ1) is 41.3. The number of quaternary nitrogens is 1. The van der Waals surface area contributed by atoms with Gasteiger partial charge < -0.3 is 9.64 Å². The van der Waals surface area contributed by atoms with Gasteiger partial charge in [0.15, 0.2) is 0 Å². The first-order valence-corrected chi connectivity index (χ1v) is 21.7. The summed E-state index contributed by atoms with van der Waals surface area (Å²) in [5, 5.41) is 2.13. The van der Waals surface area contributed by atoms with Crippen LogP contribution in [-0.2, 0) is 33.3 Å². The molecule has 0 fully saturated rings. The van der Waals surface area contributed by atoms with E-state index in [4.69, 9.17) is 4.74 Å². The molecule has 0 heterocycles. The molecular weight excluding hydrogens is 759 g/mol. The van der Waals surface area contributed by atoms with Gasteiger partial charge in [0.1, 0.15) is 17.1 Å². The molecule has 0 spiro atoms. The van der Waals surface area contributed by atoms with Gasteiger partial charge in [-0.15, -0.1) is 0 Å². The van der Waals surface area contributed by atoms with Gasteiger partial charge in [-0.2, -0.15) is 16.8 Å². The number of likely N-dealkylation sites (N-methyl/N-ethyl adjacent to an activating group) is 1. The van der Waals surface area contributed by atoms with Gasteiger partial charge >= 0.3 is 0 Å². The standard InChI is InChI=1S/C45H47N3O7S2/c1-4-47(31-33-10-28-43(29-11-33)56(49,50)51)40-22-14-36(15-23-40)45(35-12-18-38(19-13-35)46-39-20-26-42(27-21-39)55-6-3)37-16-24-41(25-17-37)48(5-2)32-34-8-7-9-44(30-34)57(52,53)54/h7-30,41,46H,4-6,31-32H2,1-3H3,(H,49,50,51)(H,52,53,54)/p+1. The average molecular weight is 807 g/mol. The van der Waals surface area contributed by atoms with Gasteiger partial charge in [-0.1, -0.05) is 67.6 Å². The van der Waals surface area contributed by atoms with Crippen molar-refractivity contribution in [3.05, 3.63) is 173 Å². The van der Waals surface area contributed by atoms with Crippen LogP contribution in [0.15, 0.2) is 161 Å². The van der Waals surface area contributed by atoms with E-state index in [0.29, 0.717) is 26.2 Å². The first-order valence-electron chi connectivity index (χ1n) is 18.9. The van der Waals surface area contributed by atoms with Crippen molar-refractivity contribution in [3.63, 3.8) is 0 Å². The maximum atomic E-state index is 11.8.